The van der Waals surface area contributed by atoms with E-state index in [2.05, 4.69) is 15.3 Å². The summed E-state index contributed by atoms with van der Waals surface area (Å²) in [7, 11) is 0. The van der Waals surface area contributed by atoms with Gasteiger partial charge in [0.1, 0.15) is 5.69 Å². The fourth-order valence-corrected chi connectivity index (χ4v) is 1.64. The maximum Gasteiger partial charge on any atom is 0.303 e. The lowest BCUT2D eigenvalue weighted by Gasteiger charge is -2.04. The Bertz CT molecular complexity index is 396. The van der Waals surface area contributed by atoms with Crippen LogP contribution in [0.5, 0.6) is 0 Å². The highest BCUT2D eigenvalue weighted by atomic mass is 16.4. The number of carbonyl (C=O) groups is 2. The number of hydrogen-bond donors (Lipinski definition) is 2. The molecule has 1 aromatic heterocycles. The quantitative estimate of drug-likeness (QED) is 0.683. The zero-order chi connectivity index (χ0) is 15.9. The lowest BCUT2D eigenvalue weighted by molar-refractivity contribution is -0.137. The van der Waals surface area contributed by atoms with Crippen molar-refractivity contribution >= 4 is 11.9 Å². The van der Waals surface area contributed by atoms with Crippen LogP contribution in [-0.4, -0.2) is 33.5 Å². The average Bonchev–Trinajstić information content (AvgIpc) is 2.52. The summed E-state index contributed by atoms with van der Waals surface area (Å²) >= 11 is 0. The maximum atomic E-state index is 11.6. The maximum absolute atomic E-state index is 11.6. The molecule has 0 aliphatic rings. The van der Waals surface area contributed by atoms with E-state index in [1.54, 1.807) is 0 Å². The van der Waals surface area contributed by atoms with E-state index in [-0.39, 0.29) is 12.3 Å². The first-order chi connectivity index (χ1) is 10.2. The minimum atomic E-state index is -0.740. The fourth-order valence-electron chi connectivity index (χ4n) is 1.64. The second-order valence-corrected chi connectivity index (χ2v) is 4.26. The third-order valence-corrected chi connectivity index (χ3v) is 2.65. The molecule has 2 N–H and O–H groups in total. The lowest BCUT2D eigenvalue weighted by atomic mass is 10.1. The first-order valence-corrected chi connectivity index (χ1v) is 7.46. The van der Waals surface area contributed by atoms with Crippen molar-refractivity contribution in [3.8, 4) is 0 Å². The Balaban J connectivity index is 0.00000191. The Hall–Kier alpha value is -1.98. The molecule has 0 radical (unpaired) electrons. The van der Waals surface area contributed by atoms with Gasteiger partial charge in [-0.3, -0.25) is 14.6 Å². The smallest absolute Gasteiger partial charge is 0.303 e. The van der Waals surface area contributed by atoms with Gasteiger partial charge in [-0.05, 0) is 12.8 Å². The Labute approximate surface area is 126 Å². The second-order valence-electron chi connectivity index (χ2n) is 4.26. The van der Waals surface area contributed by atoms with Gasteiger partial charge in [-0.15, -0.1) is 0 Å². The second kappa shape index (κ2) is 13.0. The number of rotatable bonds is 9. The first-order valence-electron chi connectivity index (χ1n) is 7.46. The van der Waals surface area contributed by atoms with E-state index in [1.165, 1.54) is 18.6 Å². The molecule has 0 spiro atoms. The number of carboxylic acid groups (broad SMARTS) is 1. The summed E-state index contributed by atoms with van der Waals surface area (Å²) in [4.78, 5) is 29.6. The number of carbonyl (C=O) groups excluding carboxylic acids is 1. The average molecular weight is 295 g/mol. The van der Waals surface area contributed by atoms with E-state index >= 15 is 0 Å². The lowest BCUT2D eigenvalue weighted by Crippen LogP contribution is -2.25. The van der Waals surface area contributed by atoms with Crippen molar-refractivity contribution in [2.24, 2.45) is 0 Å². The van der Waals surface area contributed by atoms with Crippen LogP contribution in [0.1, 0.15) is 62.9 Å². The van der Waals surface area contributed by atoms with Crippen molar-refractivity contribution in [3.05, 3.63) is 24.3 Å². The standard InChI is InChI=1S/C13H19N3O3.C2H6/c17-12(18)6-4-2-1-3-5-7-16-13(19)11-10-14-8-9-15-11;1-2/h8-10H,1-7H2,(H,16,19)(H,17,18);1-2H3. The third kappa shape index (κ3) is 10.5. The molecule has 21 heavy (non-hydrogen) atoms. The van der Waals surface area contributed by atoms with E-state index in [4.69, 9.17) is 5.11 Å². The minimum absolute atomic E-state index is 0.209. The topological polar surface area (TPSA) is 92.2 Å². The summed E-state index contributed by atoms with van der Waals surface area (Å²) in [6.45, 7) is 4.61. The van der Waals surface area contributed by atoms with Crippen molar-refractivity contribution in [1.82, 2.24) is 15.3 Å². The molecule has 1 amide bonds. The van der Waals surface area contributed by atoms with E-state index in [1.807, 2.05) is 13.8 Å². The molecule has 1 aromatic rings. The van der Waals surface area contributed by atoms with Crippen LogP contribution in [-0.2, 0) is 4.79 Å². The van der Waals surface area contributed by atoms with Gasteiger partial charge in [0.15, 0.2) is 0 Å². The van der Waals surface area contributed by atoms with Crippen LogP contribution in [0.15, 0.2) is 18.6 Å². The van der Waals surface area contributed by atoms with Crippen molar-refractivity contribution in [2.75, 3.05) is 6.54 Å². The summed E-state index contributed by atoms with van der Waals surface area (Å²) in [5.74, 6) is -0.949. The molecule has 0 aliphatic carbocycles. The number of aromatic nitrogens is 2. The molecule has 0 atom stereocenters. The summed E-state index contributed by atoms with van der Waals surface area (Å²) in [6.07, 6.45) is 9.19. The molecule has 0 unspecified atom stereocenters. The molecule has 0 aromatic carbocycles. The van der Waals surface area contributed by atoms with E-state index in [0.717, 1.165) is 32.1 Å². The molecular weight excluding hydrogens is 270 g/mol. The fraction of sp³-hybridized carbons (Fsp3) is 0.600. The van der Waals surface area contributed by atoms with Gasteiger partial charge >= 0.3 is 5.97 Å². The van der Waals surface area contributed by atoms with Gasteiger partial charge in [-0.1, -0.05) is 33.1 Å². The Morgan fingerprint density at radius 1 is 1.10 bits per heavy atom. The minimum Gasteiger partial charge on any atom is -0.481 e. The van der Waals surface area contributed by atoms with Gasteiger partial charge in [0, 0.05) is 25.4 Å². The largest absolute Gasteiger partial charge is 0.481 e. The van der Waals surface area contributed by atoms with Crippen LogP contribution in [0.25, 0.3) is 0 Å². The number of nitrogens with one attached hydrogen (secondary N) is 1. The number of carboxylic acids is 1. The Morgan fingerprint density at radius 2 is 1.76 bits per heavy atom. The number of nitrogens with zero attached hydrogens (tertiary/aromatic N) is 2. The van der Waals surface area contributed by atoms with Crippen molar-refractivity contribution < 1.29 is 14.7 Å². The SMILES string of the molecule is CC.O=C(O)CCCCCCCNC(=O)c1cnccn1. The molecule has 1 heterocycles. The van der Waals surface area contributed by atoms with Crippen molar-refractivity contribution in [3.63, 3.8) is 0 Å². The van der Waals surface area contributed by atoms with Crippen LogP contribution in [0.2, 0.25) is 0 Å². The highest BCUT2D eigenvalue weighted by Crippen LogP contribution is 2.04. The number of amides is 1. The van der Waals surface area contributed by atoms with Crippen LogP contribution < -0.4 is 5.32 Å². The molecule has 0 fully saturated rings. The van der Waals surface area contributed by atoms with Gasteiger partial charge in [0.05, 0.1) is 6.20 Å². The van der Waals surface area contributed by atoms with Gasteiger partial charge in [0.2, 0.25) is 0 Å². The van der Waals surface area contributed by atoms with Crippen LogP contribution in [0, 0.1) is 0 Å². The van der Waals surface area contributed by atoms with E-state index in [9.17, 15) is 9.59 Å². The molecule has 6 nitrogen and oxygen atoms in total. The summed E-state index contributed by atoms with van der Waals surface area (Å²) in [5, 5.41) is 11.2. The number of aliphatic carboxylic acids is 1. The molecule has 6 heteroatoms. The predicted molar refractivity (Wildman–Crippen MR) is 81.1 cm³/mol. The number of hydrogen-bond acceptors (Lipinski definition) is 4. The number of unbranched alkanes of at least 4 members (excludes halogenated alkanes) is 4. The highest BCUT2D eigenvalue weighted by molar-refractivity contribution is 5.91. The third-order valence-electron chi connectivity index (χ3n) is 2.65. The molecule has 0 aliphatic heterocycles. The van der Waals surface area contributed by atoms with Gasteiger partial charge in [0.25, 0.3) is 5.91 Å². The van der Waals surface area contributed by atoms with Crippen LogP contribution in [0.4, 0.5) is 0 Å². The van der Waals surface area contributed by atoms with Gasteiger partial charge < -0.3 is 10.4 Å². The van der Waals surface area contributed by atoms with Crippen LogP contribution >= 0.6 is 0 Å². The monoisotopic (exact) mass is 295 g/mol. The molecule has 0 bridgehead atoms. The summed E-state index contributed by atoms with van der Waals surface area (Å²) in [5.41, 5.74) is 0.323. The zero-order valence-electron chi connectivity index (χ0n) is 12.8. The summed E-state index contributed by atoms with van der Waals surface area (Å²) < 4.78 is 0. The first kappa shape index (κ1) is 19.0. The molecule has 1 rings (SSSR count). The Morgan fingerprint density at radius 3 is 2.38 bits per heavy atom. The van der Waals surface area contributed by atoms with Crippen molar-refractivity contribution in [1.29, 1.82) is 0 Å². The zero-order valence-corrected chi connectivity index (χ0v) is 12.8. The molecule has 0 saturated heterocycles. The van der Waals surface area contributed by atoms with Crippen molar-refractivity contribution in [2.45, 2.75) is 52.4 Å². The van der Waals surface area contributed by atoms with E-state index in [0.29, 0.717) is 12.2 Å². The normalized spacial score (nSPS) is 9.43. The predicted octanol–water partition coefficient (Wildman–Crippen LogP) is 2.66. The molecular formula is C15H25N3O3. The summed E-state index contributed by atoms with van der Waals surface area (Å²) in [6, 6.07) is 0. The molecule has 0 saturated carbocycles. The Kier molecular flexibility index (Phi) is 11.8. The van der Waals surface area contributed by atoms with Gasteiger partial charge in [-0.25, -0.2) is 4.98 Å². The van der Waals surface area contributed by atoms with Gasteiger partial charge in [-0.2, -0.15) is 0 Å². The highest BCUT2D eigenvalue weighted by Gasteiger charge is 2.05. The molecule has 118 valence electrons. The van der Waals surface area contributed by atoms with Crippen LogP contribution in [0.3, 0.4) is 0 Å². The van der Waals surface area contributed by atoms with E-state index < -0.39 is 5.97 Å².